The molecule has 2 aromatic rings. The Kier molecular flexibility index (Phi) is 5.06. The summed E-state index contributed by atoms with van der Waals surface area (Å²) in [7, 11) is 0. The Hall–Kier alpha value is -1.05. The first-order chi connectivity index (χ1) is 9.50. The second-order valence-electron chi connectivity index (χ2n) is 3.96. The summed E-state index contributed by atoms with van der Waals surface area (Å²) >= 11 is 8.19. The molecule has 20 heavy (non-hydrogen) atoms. The van der Waals surface area contributed by atoms with Crippen LogP contribution in [-0.4, -0.2) is 4.92 Å². The van der Waals surface area contributed by atoms with E-state index in [1.807, 2.05) is 19.1 Å². The van der Waals surface area contributed by atoms with Gasteiger partial charge >= 0.3 is 0 Å². The zero-order valence-electron chi connectivity index (χ0n) is 10.4. The lowest BCUT2D eigenvalue weighted by molar-refractivity contribution is -0.387. The molecule has 0 aliphatic carbocycles. The molecular weight excluding hydrogens is 408 g/mol. The van der Waals surface area contributed by atoms with E-state index in [-0.39, 0.29) is 10.6 Å². The lowest BCUT2D eigenvalue weighted by atomic mass is 10.2. The van der Waals surface area contributed by atoms with E-state index in [0.717, 1.165) is 20.2 Å². The first-order valence-electron chi connectivity index (χ1n) is 5.61. The second kappa shape index (κ2) is 6.60. The highest BCUT2D eigenvalue weighted by Gasteiger charge is 2.14. The summed E-state index contributed by atoms with van der Waals surface area (Å²) in [6, 6.07) is 10.5. The number of rotatable bonds is 4. The van der Waals surface area contributed by atoms with Crippen LogP contribution in [0.15, 0.2) is 50.2 Å². The van der Waals surface area contributed by atoms with Crippen LogP contribution in [0.25, 0.3) is 0 Å². The van der Waals surface area contributed by atoms with Crippen LogP contribution < -0.4 is 4.72 Å². The molecule has 0 saturated heterocycles. The molecule has 0 aliphatic heterocycles. The van der Waals surface area contributed by atoms with Crippen molar-refractivity contribution >= 4 is 55.2 Å². The zero-order chi connectivity index (χ0) is 14.7. The van der Waals surface area contributed by atoms with Crippen molar-refractivity contribution in [3.05, 3.63) is 61.0 Å². The van der Waals surface area contributed by atoms with Gasteiger partial charge in [0.1, 0.15) is 4.90 Å². The minimum Gasteiger partial charge on any atom is -0.324 e. The summed E-state index contributed by atoms with van der Waals surface area (Å²) in [5, 5.41) is 10.9. The standard InChI is InChI=1S/C13H10Br2N2O2S/c1-8-9(14)6-7-10(13(8)15)16-20-12-5-3-2-4-11(12)17(18)19/h2-7,16H,1H3. The van der Waals surface area contributed by atoms with Gasteiger partial charge in [-0.05, 0) is 58.6 Å². The van der Waals surface area contributed by atoms with Crippen molar-refractivity contribution in [2.45, 2.75) is 11.8 Å². The Bertz CT molecular complexity index is 665. The smallest absolute Gasteiger partial charge is 0.284 e. The van der Waals surface area contributed by atoms with E-state index in [2.05, 4.69) is 36.6 Å². The SMILES string of the molecule is Cc1c(Br)ccc(NSc2ccccc2[N+](=O)[O-])c1Br. The summed E-state index contributed by atoms with van der Waals surface area (Å²) in [4.78, 5) is 11.1. The van der Waals surface area contributed by atoms with Crippen molar-refractivity contribution in [3.8, 4) is 0 Å². The van der Waals surface area contributed by atoms with Crippen LogP contribution in [-0.2, 0) is 0 Å². The molecule has 0 saturated carbocycles. The molecule has 0 amide bonds. The number of halogens is 2. The molecule has 0 heterocycles. The monoisotopic (exact) mass is 416 g/mol. The highest BCUT2D eigenvalue weighted by molar-refractivity contribution is 9.11. The minimum absolute atomic E-state index is 0.0926. The summed E-state index contributed by atoms with van der Waals surface area (Å²) in [6.45, 7) is 1.98. The second-order valence-corrected chi connectivity index (χ2v) is 6.46. The lowest BCUT2D eigenvalue weighted by Gasteiger charge is -2.10. The summed E-state index contributed by atoms with van der Waals surface area (Å²) in [5.41, 5.74) is 2.03. The molecular formula is C13H10Br2N2O2S. The third kappa shape index (κ3) is 3.34. The quantitative estimate of drug-likeness (QED) is 0.402. The number of nitrogens with zero attached hydrogens (tertiary/aromatic N) is 1. The number of hydrogen-bond donors (Lipinski definition) is 1. The van der Waals surface area contributed by atoms with Gasteiger partial charge in [-0.3, -0.25) is 10.1 Å². The van der Waals surface area contributed by atoms with E-state index in [0.29, 0.717) is 4.90 Å². The highest BCUT2D eigenvalue weighted by atomic mass is 79.9. The molecule has 2 aromatic carbocycles. The van der Waals surface area contributed by atoms with E-state index >= 15 is 0 Å². The average Bonchev–Trinajstić information content (AvgIpc) is 2.44. The maximum atomic E-state index is 10.9. The van der Waals surface area contributed by atoms with Crippen molar-refractivity contribution in [1.82, 2.24) is 0 Å². The Balaban J connectivity index is 2.22. The van der Waals surface area contributed by atoms with E-state index < -0.39 is 0 Å². The summed E-state index contributed by atoms with van der Waals surface area (Å²) in [5.74, 6) is 0. The van der Waals surface area contributed by atoms with Crippen molar-refractivity contribution < 1.29 is 4.92 Å². The van der Waals surface area contributed by atoms with Crippen molar-refractivity contribution in [2.24, 2.45) is 0 Å². The molecule has 1 N–H and O–H groups in total. The maximum Gasteiger partial charge on any atom is 0.284 e. The van der Waals surface area contributed by atoms with Crippen LogP contribution in [0.1, 0.15) is 5.56 Å². The van der Waals surface area contributed by atoms with Crippen LogP contribution >= 0.6 is 43.8 Å². The molecule has 7 heteroatoms. The van der Waals surface area contributed by atoms with E-state index in [9.17, 15) is 10.1 Å². The maximum absolute atomic E-state index is 10.9. The average molecular weight is 418 g/mol. The predicted molar refractivity (Wildman–Crippen MR) is 89.2 cm³/mol. The Morgan fingerprint density at radius 3 is 2.60 bits per heavy atom. The van der Waals surface area contributed by atoms with Gasteiger partial charge in [0.05, 0.1) is 10.6 Å². The number of nitro benzene ring substituents is 1. The van der Waals surface area contributed by atoms with Crippen molar-refractivity contribution in [1.29, 1.82) is 0 Å². The first-order valence-corrected chi connectivity index (χ1v) is 8.02. The number of nitrogens with one attached hydrogen (secondary N) is 1. The number of anilines is 1. The molecule has 0 aromatic heterocycles. The molecule has 104 valence electrons. The van der Waals surface area contributed by atoms with Crippen LogP contribution in [0.2, 0.25) is 0 Å². The van der Waals surface area contributed by atoms with Gasteiger partial charge in [0.2, 0.25) is 0 Å². The first kappa shape index (κ1) is 15.3. The Morgan fingerprint density at radius 2 is 1.90 bits per heavy atom. The number of benzene rings is 2. The van der Waals surface area contributed by atoms with Crippen molar-refractivity contribution in [3.63, 3.8) is 0 Å². The van der Waals surface area contributed by atoms with Gasteiger partial charge in [0.15, 0.2) is 0 Å². The Morgan fingerprint density at radius 1 is 1.20 bits per heavy atom. The van der Waals surface area contributed by atoms with Gasteiger partial charge in [0.25, 0.3) is 5.69 Å². The predicted octanol–water partition coefficient (Wildman–Crippen LogP) is 5.55. The molecule has 4 nitrogen and oxygen atoms in total. The van der Waals surface area contributed by atoms with Gasteiger partial charge in [-0.15, -0.1) is 0 Å². The van der Waals surface area contributed by atoms with Crippen LogP contribution in [0, 0.1) is 17.0 Å². The lowest BCUT2D eigenvalue weighted by Crippen LogP contribution is -1.94. The molecule has 2 rings (SSSR count). The number of nitro groups is 1. The highest BCUT2D eigenvalue weighted by Crippen LogP contribution is 2.35. The van der Waals surface area contributed by atoms with E-state index in [1.54, 1.807) is 18.2 Å². The third-order valence-corrected chi connectivity index (χ3v) is 5.42. The van der Waals surface area contributed by atoms with Gasteiger partial charge in [0, 0.05) is 15.0 Å². The summed E-state index contributed by atoms with van der Waals surface area (Å²) < 4.78 is 5.07. The molecule has 0 atom stereocenters. The van der Waals surface area contributed by atoms with Crippen LogP contribution in [0.4, 0.5) is 11.4 Å². The molecule has 0 aliphatic rings. The molecule has 0 radical (unpaired) electrons. The normalized spacial score (nSPS) is 10.3. The fourth-order valence-electron chi connectivity index (χ4n) is 1.54. The van der Waals surface area contributed by atoms with Gasteiger partial charge in [-0.2, -0.15) is 0 Å². The zero-order valence-corrected chi connectivity index (χ0v) is 14.4. The third-order valence-electron chi connectivity index (χ3n) is 2.65. The van der Waals surface area contributed by atoms with E-state index in [1.165, 1.54) is 18.0 Å². The van der Waals surface area contributed by atoms with Crippen molar-refractivity contribution in [2.75, 3.05) is 4.72 Å². The Labute approximate surface area is 137 Å². The largest absolute Gasteiger partial charge is 0.324 e. The number of para-hydroxylation sites is 1. The number of hydrogen-bond acceptors (Lipinski definition) is 4. The molecule has 0 unspecified atom stereocenters. The molecule has 0 spiro atoms. The van der Waals surface area contributed by atoms with Crippen LogP contribution in [0.5, 0.6) is 0 Å². The summed E-state index contributed by atoms with van der Waals surface area (Å²) in [6.07, 6.45) is 0. The fraction of sp³-hybridized carbons (Fsp3) is 0.0769. The molecule has 0 bridgehead atoms. The fourth-order valence-corrected chi connectivity index (χ4v) is 3.50. The van der Waals surface area contributed by atoms with Gasteiger partial charge in [-0.25, -0.2) is 0 Å². The topological polar surface area (TPSA) is 55.2 Å². The van der Waals surface area contributed by atoms with E-state index in [4.69, 9.17) is 0 Å². The van der Waals surface area contributed by atoms with Gasteiger partial charge < -0.3 is 4.72 Å². The van der Waals surface area contributed by atoms with Gasteiger partial charge in [-0.1, -0.05) is 28.1 Å². The minimum atomic E-state index is -0.383. The van der Waals surface area contributed by atoms with Crippen LogP contribution in [0.3, 0.4) is 0 Å². The molecule has 0 fully saturated rings.